The van der Waals surface area contributed by atoms with E-state index in [0.717, 1.165) is 27.4 Å². The van der Waals surface area contributed by atoms with Gasteiger partial charge in [-0.15, -0.1) is 11.3 Å². The summed E-state index contributed by atoms with van der Waals surface area (Å²) in [5.41, 5.74) is 4.89. The molecule has 3 aromatic rings. The summed E-state index contributed by atoms with van der Waals surface area (Å²) < 4.78 is 5.09. The van der Waals surface area contributed by atoms with Gasteiger partial charge in [0, 0.05) is 37.3 Å². The maximum absolute atomic E-state index is 12.1. The van der Waals surface area contributed by atoms with Gasteiger partial charge < -0.3 is 15.0 Å². The summed E-state index contributed by atoms with van der Waals surface area (Å²) in [5, 5.41) is 5.46. The number of rotatable bonds is 8. The molecule has 2 aromatic carbocycles. The third kappa shape index (κ3) is 6.15. The zero-order chi connectivity index (χ0) is 21.5. The van der Waals surface area contributed by atoms with E-state index < -0.39 is 5.97 Å². The van der Waals surface area contributed by atoms with Crippen LogP contribution in [0.25, 0.3) is 10.6 Å². The second kappa shape index (κ2) is 10.0. The molecule has 1 amide bonds. The molecule has 1 heterocycles. The molecular weight excluding hydrogens is 398 g/mol. The van der Waals surface area contributed by atoms with Crippen LogP contribution in [0.2, 0.25) is 0 Å². The number of nitrogens with one attached hydrogen (secondary N) is 1. The van der Waals surface area contributed by atoms with E-state index in [1.54, 1.807) is 0 Å². The fraction of sp³-hybridized carbons (Fsp3) is 0.261. The molecule has 30 heavy (non-hydrogen) atoms. The van der Waals surface area contributed by atoms with Gasteiger partial charge >= 0.3 is 5.97 Å². The van der Waals surface area contributed by atoms with Gasteiger partial charge in [0.15, 0.2) is 6.61 Å². The molecule has 0 saturated heterocycles. The van der Waals surface area contributed by atoms with Crippen molar-refractivity contribution in [3.05, 3.63) is 70.7 Å². The summed E-state index contributed by atoms with van der Waals surface area (Å²) in [6.45, 7) is 2.11. The van der Waals surface area contributed by atoms with Gasteiger partial charge in [0.25, 0.3) is 5.91 Å². The lowest BCUT2D eigenvalue weighted by Gasteiger charge is -2.13. The highest BCUT2D eigenvalue weighted by Crippen LogP contribution is 2.24. The predicted octanol–water partition coefficient (Wildman–Crippen LogP) is 3.59. The molecule has 0 radical (unpaired) electrons. The average Bonchev–Trinajstić information content (AvgIpc) is 3.19. The average molecular weight is 424 g/mol. The smallest absolute Gasteiger partial charge is 0.312 e. The molecule has 1 N–H and O–H groups in total. The molecule has 3 rings (SSSR count). The molecule has 0 saturated carbocycles. The van der Waals surface area contributed by atoms with E-state index in [4.69, 9.17) is 4.74 Å². The molecule has 0 aliphatic rings. The lowest BCUT2D eigenvalue weighted by molar-refractivity contribution is -0.147. The van der Waals surface area contributed by atoms with Gasteiger partial charge in [-0.05, 0) is 30.7 Å². The van der Waals surface area contributed by atoms with Gasteiger partial charge in [-0.1, -0.05) is 35.9 Å². The Bertz CT molecular complexity index is 1010. The predicted molar refractivity (Wildman–Crippen MR) is 120 cm³/mol. The Labute approximate surface area is 180 Å². The van der Waals surface area contributed by atoms with Gasteiger partial charge in [-0.25, -0.2) is 4.98 Å². The Kier molecular flexibility index (Phi) is 7.19. The Morgan fingerprint density at radius 2 is 1.90 bits per heavy atom. The van der Waals surface area contributed by atoms with Gasteiger partial charge in [-0.2, -0.15) is 0 Å². The first kappa shape index (κ1) is 21.5. The van der Waals surface area contributed by atoms with Crippen molar-refractivity contribution in [2.24, 2.45) is 0 Å². The van der Waals surface area contributed by atoms with Crippen molar-refractivity contribution in [2.45, 2.75) is 19.9 Å². The number of carbonyl (C=O) groups is 2. The molecule has 0 aliphatic heterocycles. The molecule has 0 bridgehead atoms. The van der Waals surface area contributed by atoms with Crippen molar-refractivity contribution in [1.29, 1.82) is 0 Å². The number of benzene rings is 2. The Balaban J connectivity index is 1.42. The van der Waals surface area contributed by atoms with Crippen molar-refractivity contribution in [3.63, 3.8) is 0 Å². The first-order valence-corrected chi connectivity index (χ1v) is 10.5. The summed E-state index contributed by atoms with van der Waals surface area (Å²) >= 11 is 1.48. The molecule has 0 aliphatic carbocycles. The third-order valence-electron chi connectivity index (χ3n) is 4.45. The fourth-order valence-electron chi connectivity index (χ4n) is 2.81. The maximum atomic E-state index is 12.1. The lowest BCUT2D eigenvalue weighted by Crippen LogP contribution is -2.28. The number of carbonyl (C=O) groups excluding carboxylic acids is 2. The van der Waals surface area contributed by atoms with Crippen LogP contribution in [0, 0.1) is 6.92 Å². The van der Waals surface area contributed by atoms with Crippen molar-refractivity contribution in [3.8, 4) is 10.6 Å². The summed E-state index contributed by atoms with van der Waals surface area (Å²) in [5.74, 6) is -0.805. The Morgan fingerprint density at radius 1 is 1.13 bits per heavy atom. The van der Waals surface area contributed by atoms with E-state index in [9.17, 15) is 9.59 Å². The number of ether oxygens (including phenoxy) is 1. The van der Waals surface area contributed by atoms with Gasteiger partial charge in [0.05, 0.1) is 12.1 Å². The van der Waals surface area contributed by atoms with Gasteiger partial charge in [0.1, 0.15) is 5.01 Å². The number of hydrogen-bond donors (Lipinski definition) is 1. The summed E-state index contributed by atoms with van der Waals surface area (Å²) in [4.78, 5) is 30.5. The minimum Gasteiger partial charge on any atom is -0.455 e. The van der Waals surface area contributed by atoms with E-state index >= 15 is 0 Å². The molecule has 1 aromatic heterocycles. The topological polar surface area (TPSA) is 71.5 Å². The number of aryl methyl sites for hydroxylation is 1. The number of aromatic nitrogens is 1. The Morgan fingerprint density at radius 3 is 2.60 bits per heavy atom. The van der Waals surface area contributed by atoms with Crippen LogP contribution < -0.4 is 10.2 Å². The number of amides is 1. The molecule has 0 unspecified atom stereocenters. The zero-order valence-corrected chi connectivity index (χ0v) is 18.2. The quantitative estimate of drug-likeness (QED) is 0.561. The number of hydrogen-bond acceptors (Lipinski definition) is 6. The minimum absolute atomic E-state index is 0.0432. The molecule has 6 nitrogen and oxygen atoms in total. The van der Waals surface area contributed by atoms with Crippen LogP contribution in [0.1, 0.15) is 16.8 Å². The molecule has 0 spiro atoms. The Hall–Kier alpha value is -3.19. The second-order valence-electron chi connectivity index (χ2n) is 7.19. The molecule has 156 valence electrons. The monoisotopic (exact) mass is 423 g/mol. The van der Waals surface area contributed by atoms with Crippen LogP contribution in [-0.4, -0.2) is 37.6 Å². The van der Waals surface area contributed by atoms with E-state index in [1.165, 1.54) is 11.3 Å². The van der Waals surface area contributed by atoms with E-state index in [1.807, 2.05) is 73.8 Å². The van der Waals surface area contributed by atoms with Crippen LogP contribution in [0.4, 0.5) is 5.69 Å². The van der Waals surface area contributed by atoms with Crippen LogP contribution in [0.15, 0.2) is 53.9 Å². The largest absolute Gasteiger partial charge is 0.455 e. The second-order valence-corrected chi connectivity index (χ2v) is 8.05. The minimum atomic E-state index is -0.471. The SMILES string of the molecule is Cc1cccc(-c2nc(CC(=O)OCC(=O)NCc3ccc(N(C)C)cc3)cs2)c1. The molecule has 7 heteroatoms. The maximum Gasteiger partial charge on any atom is 0.312 e. The number of esters is 1. The van der Waals surface area contributed by atoms with Gasteiger partial charge in [-0.3, -0.25) is 9.59 Å². The van der Waals surface area contributed by atoms with Crippen LogP contribution >= 0.6 is 11.3 Å². The van der Waals surface area contributed by atoms with E-state index in [-0.39, 0.29) is 18.9 Å². The van der Waals surface area contributed by atoms with Crippen molar-refractivity contribution in [2.75, 3.05) is 25.6 Å². The van der Waals surface area contributed by atoms with Crippen LogP contribution in [-0.2, 0) is 27.3 Å². The lowest BCUT2D eigenvalue weighted by atomic mass is 10.1. The van der Waals surface area contributed by atoms with Gasteiger partial charge in [0.2, 0.25) is 0 Å². The molecule has 0 fully saturated rings. The molecular formula is C23H25N3O3S. The highest BCUT2D eigenvalue weighted by Gasteiger charge is 2.12. The number of nitrogens with zero attached hydrogens (tertiary/aromatic N) is 2. The molecule has 0 atom stereocenters. The summed E-state index contributed by atoms with van der Waals surface area (Å²) in [6, 6.07) is 15.9. The fourth-order valence-corrected chi connectivity index (χ4v) is 3.62. The zero-order valence-electron chi connectivity index (χ0n) is 17.3. The van der Waals surface area contributed by atoms with Crippen molar-refractivity contribution < 1.29 is 14.3 Å². The normalized spacial score (nSPS) is 10.5. The van der Waals surface area contributed by atoms with Crippen molar-refractivity contribution in [1.82, 2.24) is 10.3 Å². The third-order valence-corrected chi connectivity index (χ3v) is 5.39. The standard InChI is InChI=1S/C23H25N3O3S/c1-16-5-4-6-18(11-16)23-25-19(15-30-23)12-22(28)29-14-21(27)24-13-17-7-9-20(10-8-17)26(2)3/h4-11,15H,12-14H2,1-3H3,(H,24,27). The first-order valence-electron chi connectivity index (χ1n) is 9.61. The van der Waals surface area contributed by atoms with E-state index in [2.05, 4.69) is 16.4 Å². The first-order chi connectivity index (χ1) is 14.4. The van der Waals surface area contributed by atoms with Crippen LogP contribution in [0.5, 0.6) is 0 Å². The van der Waals surface area contributed by atoms with E-state index in [0.29, 0.717) is 12.2 Å². The van der Waals surface area contributed by atoms with Crippen molar-refractivity contribution >= 4 is 28.9 Å². The number of thiazole rings is 1. The number of anilines is 1. The highest BCUT2D eigenvalue weighted by molar-refractivity contribution is 7.13. The van der Waals surface area contributed by atoms with Crippen LogP contribution in [0.3, 0.4) is 0 Å². The highest BCUT2D eigenvalue weighted by atomic mass is 32.1. The summed E-state index contributed by atoms with van der Waals surface area (Å²) in [7, 11) is 3.94. The summed E-state index contributed by atoms with van der Waals surface area (Å²) in [6.07, 6.45) is 0.0432.